The van der Waals surface area contributed by atoms with Crippen LogP contribution in [0.4, 0.5) is 5.69 Å². The fraction of sp³-hybridized carbons (Fsp3) is 0.333. The van der Waals surface area contributed by atoms with Gasteiger partial charge in [-0.15, -0.1) is 0 Å². The Kier molecular flexibility index (Phi) is 7.12. The number of anilines is 1. The van der Waals surface area contributed by atoms with Crippen molar-refractivity contribution in [1.29, 1.82) is 0 Å². The molecule has 3 rings (SSSR count). The van der Waals surface area contributed by atoms with Crippen LogP contribution in [0.5, 0.6) is 0 Å². The van der Waals surface area contributed by atoms with Crippen LogP contribution < -0.4 is 5.32 Å². The van der Waals surface area contributed by atoms with Gasteiger partial charge in [0.15, 0.2) is 0 Å². The standard InChI is InChI=1S/C21H24ClN3O4S/c1-24(30(28,29)17-11-9-16(22)10-12-17)15-20(26)23-19-8-4-3-7-18(19)21(27)25-13-5-2-6-14-25/h3-4,7-12H,2,5-6,13-15H2,1H3,(H,23,26). The molecule has 0 saturated carbocycles. The number of nitrogens with zero attached hydrogens (tertiary/aromatic N) is 2. The van der Waals surface area contributed by atoms with Crippen molar-refractivity contribution in [2.24, 2.45) is 0 Å². The number of hydrogen-bond donors (Lipinski definition) is 1. The summed E-state index contributed by atoms with van der Waals surface area (Å²) in [5.41, 5.74) is 0.770. The summed E-state index contributed by atoms with van der Waals surface area (Å²) >= 11 is 5.81. The van der Waals surface area contributed by atoms with E-state index in [1.165, 1.54) is 31.3 Å². The topological polar surface area (TPSA) is 86.8 Å². The molecule has 7 nitrogen and oxygen atoms in total. The lowest BCUT2D eigenvalue weighted by Crippen LogP contribution is -2.37. The van der Waals surface area contributed by atoms with Crippen LogP contribution in [-0.2, 0) is 14.8 Å². The third-order valence-electron chi connectivity index (χ3n) is 4.96. The van der Waals surface area contributed by atoms with E-state index in [4.69, 9.17) is 11.6 Å². The maximum Gasteiger partial charge on any atom is 0.255 e. The van der Waals surface area contributed by atoms with Gasteiger partial charge in [-0.25, -0.2) is 8.42 Å². The fourth-order valence-electron chi connectivity index (χ4n) is 3.31. The minimum atomic E-state index is -3.85. The fourth-order valence-corrected chi connectivity index (χ4v) is 4.56. The first-order valence-corrected chi connectivity index (χ1v) is 11.5. The number of sulfonamides is 1. The highest BCUT2D eigenvalue weighted by molar-refractivity contribution is 7.89. The monoisotopic (exact) mass is 449 g/mol. The van der Waals surface area contributed by atoms with Crippen molar-refractivity contribution in [2.75, 3.05) is 32.0 Å². The van der Waals surface area contributed by atoms with Crippen LogP contribution in [0, 0.1) is 0 Å². The molecule has 0 bridgehead atoms. The van der Waals surface area contributed by atoms with Crippen LogP contribution in [0.1, 0.15) is 29.6 Å². The molecule has 0 aromatic heterocycles. The van der Waals surface area contributed by atoms with Gasteiger partial charge in [-0.05, 0) is 55.7 Å². The molecule has 1 aliphatic heterocycles. The van der Waals surface area contributed by atoms with Gasteiger partial charge >= 0.3 is 0 Å². The maximum absolute atomic E-state index is 12.9. The zero-order chi connectivity index (χ0) is 21.7. The smallest absolute Gasteiger partial charge is 0.255 e. The van der Waals surface area contributed by atoms with Crippen molar-refractivity contribution in [3.8, 4) is 0 Å². The van der Waals surface area contributed by atoms with Crippen molar-refractivity contribution in [3.63, 3.8) is 0 Å². The Morgan fingerprint density at radius 1 is 1.03 bits per heavy atom. The van der Waals surface area contributed by atoms with Gasteiger partial charge in [0.1, 0.15) is 0 Å². The molecule has 0 radical (unpaired) electrons. The summed E-state index contributed by atoms with van der Waals surface area (Å²) in [6.07, 6.45) is 3.04. The van der Waals surface area contributed by atoms with Gasteiger partial charge in [-0.3, -0.25) is 9.59 Å². The van der Waals surface area contributed by atoms with Crippen molar-refractivity contribution < 1.29 is 18.0 Å². The molecule has 1 aliphatic rings. The molecule has 1 fully saturated rings. The average molecular weight is 450 g/mol. The first kappa shape index (κ1) is 22.3. The lowest BCUT2D eigenvalue weighted by Gasteiger charge is -2.27. The number of para-hydroxylation sites is 1. The van der Waals surface area contributed by atoms with Crippen molar-refractivity contribution in [3.05, 3.63) is 59.1 Å². The Morgan fingerprint density at radius 2 is 1.67 bits per heavy atom. The molecule has 2 aromatic rings. The summed E-state index contributed by atoms with van der Waals surface area (Å²) in [6, 6.07) is 12.5. The Bertz CT molecular complexity index is 1020. The molecule has 2 amide bonds. The molecule has 160 valence electrons. The van der Waals surface area contributed by atoms with E-state index >= 15 is 0 Å². The van der Waals surface area contributed by atoms with E-state index in [0.29, 0.717) is 29.4 Å². The lowest BCUT2D eigenvalue weighted by atomic mass is 10.1. The molecule has 9 heteroatoms. The highest BCUT2D eigenvalue weighted by Gasteiger charge is 2.25. The van der Waals surface area contributed by atoms with E-state index in [1.54, 1.807) is 29.2 Å². The number of carbonyl (C=O) groups excluding carboxylic acids is 2. The molecule has 1 saturated heterocycles. The predicted molar refractivity (Wildman–Crippen MR) is 116 cm³/mol. The molecular weight excluding hydrogens is 426 g/mol. The minimum Gasteiger partial charge on any atom is -0.339 e. The Labute approximate surface area is 181 Å². The van der Waals surface area contributed by atoms with Crippen LogP contribution in [0.3, 0.4) is 0 Å². The highest BCUT2D eigenvalue weighted by Crippen LogP contribution is 2.21. The molecule has 1 N–H and O–H groups in total. The number of hydrogen-bond acceptors (Lipinski definition) is 4. The average Bonchev–Trinajstić information content (AvgIpc) is 2.74. The van der Waals surface area contributed by atoms with Gasteiger partial charge in [-0.2, -0.15) is 4.31 Å². The van der Waals surface area contributed by atoms with Crippen LogP contribution in [-0.4, -0.2) is 56.1 Å². The van der Waals surface area contributed by atoms with E-state index in [2.05, 4.69) is 5.32 Å². The number of rotatable bonds is 6. The molecule has 0 atom stereocenters. The molecule has 0 spiro atoms. The summed E-state index contributed by atoms with van der Waals surface area (Å²) in [4.78, 5) is 27.2. The van der Waals surface area contributed by atoms with Crippen LogP contribution in [0.2, 0.25) is 5.02 Å². The van der Waals surface area contributed by atoms with Crippen molar-refractivity contribution in [2.45, 2.75) is 24.2 Å². The Morgan fingerprint density at radius 3 is 2.33 bits per heavy atom. The number of amides is 2. The number of nitrogens with one attached hydrogen (secondary N) is 1. The second-order valence-corrected chi connectivity index (χ2v) is 9.64. The summed E-state index contributed by atoms with van der Waals surface area (Å²) < 4.78 is 26.3. The van der Waals surface area contributed by atoms with Crippen LogP contribution >= 0.6 is 11.6 Å². The third kappa shape index (κ3) is 5.19. The zero-order valence-corrected chi connectivity index (χ0v) is 18.2. The molecule has 1 heterocycles. The van der Waals surface area contributed by atoms with E-state index in [0.717, 1.165) is 23.6 Å². The molecule has 0 aliphatic carbocycles. The predicted octanol–water partition coefficient (Wildman–Crippen LogP) is 3.23. The Hall–Kier alpha value is -2.42. The summed E-state index contributed by atoms with van der Waals surface area (Å²) in [5, 5.41) is 3.10. The van der Waals surface area contributed by atoms with Crippen LogP contribution in [0.25, 0.3) is 0 Å². The maximum atomic E-state index is 12.9. The number of likely N-dealkylation sites (N-methyl/N-ethyl adjacent to an activating group) is 1. The van der Waals surface area contributed by atoms with Crippen molar-refractivity contribution >= 4 is 39.1 Å². The SMILES string of the molecule is CN(CC(=O)Nc1ccccc1C(=O)N1CCCCC1)S(=O)(=O)c1ccc(Cl)cc1. The quantitative estimate of drug-likeness (QED) is 0.733. The second-order valence-electron chi connectivity index (χ2n) is 7.16. The summed E-state index contributed by atoms with van der Waals surface area (Å²) in [6.45, 7) is 1.00. The van der Waals surface area contributed by atoms with E-state index in [9.17, 15) is 18.0 Å². The van der Waals surface area contributed by atoms with E-state index < -0.39 is 22.5 Å². The number of likely N-dealkylation sites (tertiary alicyclic amines) is 1. The summed E-state index contributed by atoms with van der Waals surface area (Å²) in [7, 11) is -2.52. The molecular formula is C21H24ClN3O4S. The van der Waals surface area contributed by atoms with Crippen LogP contribution in [0.15, 0.2) is 53.4 Å². The number of benzene rings is 2. The van der Waals surface area contributed by atoms with Gasteiger partial charge < -0.3 is 10.2 Å². The van der Waals surface area contributed by atoms with Crippen molar-refractivity contribution in [1.82, 2.24) is 9.21 Å². The van der Waals surface area contributed by atoms with E-state index in [1.807, 2.05) is 0 Å². The molecule has 0 unspecified atom stereocenters. The number of piperidine rings is 1. The van der Waals surface area contributed by atoms with E-state index in [-0.39, 0.29) is 10.8 Å². The third-order valence-corrected chi connectivity index (χ3v) is 7.03. The highest BCUT2D eigenvalue weighted by atomic mass is 35.5. The largest absolute Gasteiger partial charge is 0.339 e. The van der Waals surface area contributed by atoms with Gasteiger partial charge in [0.2, 0.25) is 15.9 Å². The Balaban J connectivity index is 1.70. The number of carbonyl (C=O) groups is 2. The zero-order valence-electron chi connectivity index (χ0n) is 16.7. The van der Waals surface area contributed by atoms with Gasteiger partial charge in [-0.1, -0.05) is 23.7 Å². The lowest BCUT2D eigenvalue weighted by molar-refractivity contribution is -0.116. The first-order chi connectivity index (χ1) is 14.3. The van der Waals surface area contributed by atoms with Gasteiger partial charge in [0, 0.05) is 25.2 Å². The molecule has 2 aromatic carbocycles. The minimum absolute atomic E-state index is 0.0443. The normalized spacial score (nSPS) is 14.6. The second kappa shape index (κ2) is 9.59. The number of halogens is 1. The molecule has 30 heavy (non-hydrogen) atoms. The summed E-state index contributed by atoms with van der Waals surface area (Å²) in [5.74, 6) is -0.665. The van der Waals surface area contributed by atoms with Gasteiger partial charge in [0.05, 0.1) is 22.7 Å². The van der Waals surface area contributed by atoms with Gasteiger partial charge in [0.25, 0.3) is 5.91 Å². The first-order valence-electron chi connectivity index (χ1n) is 9.69.